The minimum Gasteiger partial charge on any atom is -0.496 e. The van der Waals surface area contributed by atoms with Crippen molar-refractivity contribution in [2.24, 2.45) is 11.8 Å². The van der Waals surface area contributed by atoms with Crippen molar-refractivity contribution in [2.45, 2.75) is 52.1 Å². The van der Waals surface area contributed by atoms with Gasteiger partial charge in [-0.1, -0.05) is 32.0 Å². The molecule has 0 spiro atoms. The Balaban J connectivity index is 2.02. The van der Waals surface area contributed by atoms with Gasteiger partial charge in [0.1, 0.15) is 5.75 Å². The second-order valence-corrected chi connectivity index (χ2v) is 6.24. The van der Waals surface area contributed by atoms with Gasteiger partial charge in [0.25, 0.3) is 0 Å². The van der Waals surface area contributed by atoms with Crippen LogP contribution in [0.2, 0.25) is 0 Å². The number of hydrogen-bond donors (Lipinski definition) is 1. The minimum atomic E-state index is 0.346. The molecule has 19 heavy (non-hydrogen) atoms. The van der Waals surface area contributed by atoms with Crippen LogP contribution in [0.5, 0.6) is 5.75 Å². The van der Waals surface area contributed by atoms with Crippen molar-refractivity contribution in [1.82, 2.24) is 5.32 Å². The van der Waals surface area contributed by atoms with Gasteiger partial charge in [-0.25, -0.2) is 0 Å². The third-order valence-electron chi connectivity index (χ3n) is 4.27. The highest BCUT2D eigenvalue weighted by Crippen LogP contribution is 2.31. The van der Waals surface area contributed by atoms with E-state index in [2.05, 4.69) is 38.2 Å². The molecule has 0 amide bonds. The quantitative estimate of drug-likeness (QED) is 0.878. The third-order valence-corrected chi connectivity index (χ3v) is 4.27. The van der Waals surface area contributed by atoms with Gasteiger partial charge in [0, 0.05) is 17.6 Å². The lowest BCUT2D eigenvalue weighted by atomic mass is 9.80. The SMILES string of the molecule is COc1ccccc1C(C)NC1CC(C)CC(C)C1. The molecule has 0 bridgehead atoms. The van der Waals surface area contributed by atoms with Crippen LogP contribution in [-0.4, -0.2) is 13.2 Å². The first-order chi connectivity index (χ1) is 9.10. The Bertz CT molecular complexity index is 394. The van der Waals surface area contributed by atoms with Crippen LogP contribution in [0, 0.1) is 11.8 Å². The predicted molar refractivity (Wildman–Crippen MR) is 80.5 cm³/mol. The van der Waals surface area contributed by atoms with E-state index < -0.39 is 0 Å². The van der Waals surface area contributed by atoms with Gasteiger partial charge in [-0.05, 0) is 44.1 Å². The fraction of sp³-hybridized carbons (Fsp3) is 0.647. The molecule has 1 aromatic rings. The second kappa shape index (κ2) is 6.42. The van der Waals surface area contributed by atoms with Crippen molar-refractivity contribution in [2.75, 3.05) is 7.11 Å². The van der Waals surface area contributed by atoms with Crippen LogP contribution >= 0.6 is 0 Å². The molecule has 0 aromatic heterocycles. The highest BCUT2D eigenvalue weighted by molar-refractivity contribution is 5.35. The molecule has 1 saturated carbocycles. The molecule has 106 valence electrons. The summed E-state index contributed by atoms with van der Waals surface area (Å²) in [7, 11) is 1.75. The fourth-order valence-corrected chi connectivity index (χ4v) is 3.55. The van der Waals surface area contributed by atoms with Crippen LogP contribution in [0.25, 0.3) is 0 Å². The molecule has 2 heteroatoms. The molecule has 0 saturated heterocycles. The maximum Gasteiger partial charge on any atom is 0.123 e. The Hall–Kier alpha value is -1.02. The minimum absolute atomic E-state index is 0.346. The van der Waals surface area contributed by atoms with E-state index in [1.807, 2.05) is 12.1 Å². The summed E-state index contributed by atoms with van der Waals surface area (Å²) in [5, 5.41) is 3.79. The highest BCUT2D eigenvalue weighted by atomic mass is 16.5. The first kappa shape index (κ1) is 14.4. The van der Waals surface area contributed by atoms with Crippen molar-refractivity contribution >= 4 is 0 Å². The van der Waals surface area contributed by atoms with Crippen molar-refractivity contribution in [3.8, 4) is 5.75 Å². The second-order valence-electron chi connectivity index (χ2n) is 6.24. The number of nitrogens with one attached hydrogen (secondary N) is 1. The molecule has 1 aliphatic carbocycles. The van der Waals surface area contributed by atoms with E-state index in [-0.39, 0.29) is 0 Å². The molecule has 1 aromatic carbocycles. The number of para-hydroxylation sites is 1. The summed E-state index contributed by atoms with van der Waals surface area (Å²) in [6, 6.07) is 9.30. The van der Waals surface area contributed by atoms with Crippen LogP contribution in [0.15, 0.2) is 24.3 Å². The zero-order chi connectivity index (χ0) is 13.8. The Morgan fingerprint density at radius 2 is 1.74 bits per heavy atom. The zero-order valence-corrected chi connectivity index (χ0v) is 12.6. The van der Waals surface area contributed by atoms with E-state index in [9.17, 15) is 0 Å². The van der Waals surface area contributed by atoms with E-state index in [1.165, 1.54) is 24.8 Å². The van der Waals surface area contributed by atoms with Crippen LogP contribution in [0.3, 0.4) is 0 Å². The van der Waals surface area contributed by atoms with Crippen molar-refractivity contribution in [3.63, 3.8) is 0 Å². The zero-order valence-electron chi connectivity index (χ0n) is 12.6. The van der Waals surface area contributed by atoms with Crippen LogP contribution in [0.1, 0.15) is 51.6 Å². The van der Waals surface area contributed by atoms with Gasteiger partial charge in [-0.2, -0.15) is 0 Å². The monoisotopic (exact) mass is 261 g/mol. The van der Waals surface area contributed by atoms with Crippen molar-refractivity contribution in [3.05, 3.63) is 29.8 Å². The Morgan fingerprint density at radius 1 is 1.11 bits per heavy atom. The lowest BCUT2D eigenvalue weighted by molar-refractivity contribution is 0.227. The molecule has 2 rings (SSSR count). The van der Waals surface area contributed by atoms with Gasteiger partial charge in [0.2, 0.25) is 0 Å². The number of methoxy groups -OCH3 is 1. The van der Waals surface area contributed by atoms with E-state index in [0.717, 1.165) is 17.6 Å². The number of ether oxygens (including phenoxy) is 1. The van der Waals surface area contributed by atoms with Crippen LogP contribution < -0.4 is 10.1 Å². The summed E-state index contributed by atoms with van der Waals surface area (Å²) in [6.07, 6.45) is 3.97. The topological polar surface area (TPSA) is 21.3 Å². The number of hydrogen-bond acceptors (Lipinski definition) is 2. The van der Waals surface area contributed by atoms with Gasteiger partial charge >= 0.3 is 0 Å². The lowest BCUT2D eigenvalue weighted by Gasteiger charge is -2.34. The largest absolute Gasteiger partial charge is 0.496 e. The molecule has 3 atom stereocenters. The summed E-state index contributed by atoms with van der Waals surface area (Å²) in [6.45, 7) is 6.98. The maximum absolute atomic E-state index is 5.46. The fourth-order valence-electron chi connectivity index (χ4n) is 3.55. The van der Waals surface area contributed by atoms with Gasteiger partial charge in [0.05, 0.1) is 7.11 Å². The van der Waals surface area contributed by atoms with E-state index >= 15 is 0 Å². The molecule has 1 fully saturated rings. The molecule has 3 unspecified atom stereocenters. The lowest BCUT2D eigenvalue weighted by Crippen LogP contribution is -2.37. The molecule has 1 aliphatic rings. The third kappa shape index (κ3) is 3.73. The number of benzene rings is 1. The molecule has 0 aliphatic heterocycles. The summed E-state index contributed by atoms with van der Waals surface area (Å²) < 4.78 is 5.46. The molecule has 0 heterocycles. The van der Waals surface area contributed by atoms with Gasteiger partial charge in [0.15, 0.2) is 0 Å². The summed E-state index contributed by atoms with van der Waals surface area (Å²) in [5.74, 6) is 2.66. The first-order valence-electron chi connectivity index (χ1n) is 7.49. The summed E-state index contributed by atoms with van der Waals surface area (Å²) >= 11 is 0. The molecule has 1 N–H and O–H groups in total. The average molecular weight is 261 g/mol. The van der Waals surface area contributed by atoms with Crippen molar-refractivity contribution < 1.29 is 4.74 Å². The number of rotatable bonds is 4. The standard InChI is InChI=1S/C17H27NO/c1-12-9-13(2)11-15(10-12)18-14(3)16-7-5-6-8-17(16)19-4/h5-8,12-15,18H,9-11H2,1-4H3. The molecule has 2 nitrogen and oxygen atoms in total. The van der Waals surface area contributed by atoms with Crippen LogP contribution in [-0.2, 0) is 0 Å². The van der Waals surface area contributed by atoms with Gasteiger partial charge < -0.3 is 10.1 Å². The Kier molecular flexibility index (Phi) is 4.87. The Morgan fingerprint density at radius 3 is 2.37 bits per heavy atom. The summed E-state index contributed by atoms with van der Waals surface area (Å²) in [4.78, 5) is 0. The Labute approximate surface area is 117 Å². The highest BCUT2D eigenvalue weighted by Gasteiger charge is 2.25. The molecular weight excluding hydrogens is 234 g/mol. The predicted octanol–water partition coefficient (Wildman–Crippen LogP) is 4.17. The normalized spacial score (nSPS) is 28.9. The van der Waals surface area contributed by atoms with Crippen LogP contribution in [0.4, 0.5) is 0 Å². The molecular formula is C17H27NO. The van der Waals surface area contributed by atoms with Crippen molar-refractivity contribution in [1.29, 1.82) is 0 Å². The molecule has 0 radical (unpaired) electrons. The van der Waals surface area contributed by atoms with E-state index in [4.69, 9.17) is 4.74 Å². The summed E-state index contributed by atoms with van der Waals surface area (Å²) in [5.41, 5.74) is 1.26. The first-order valence-corrected chi connectivity index (χ1v) is 7.49. The van der Waals surface area contributed by atoms with E-state index in [1.54, 1.807) is 7.11 Å². The van der Waals surface area contributed by atoms with E-state index in [0.29, 0.717) is 12.1 Å². The van der Waals surface area contributed by atoms with Gasteiger partial charge in [-0.15, -0.1) is 0 Å². The average Bonchev–Trinajstić information content (AvgIpc) is 2.37. The van der Waals surface area contributed by atoms with Gasteiger partial charge in [-0.3, -0.25) is 0 Å². The maximum atomic E-state index is 5.46. The smallest absolute Gasteiger partial charge is 0.123 e.